The van der Waals surface area contributed by atoms with Gasteiger partial charge in [0.1, 0.15) is 23.3 Å². The van der Waals surface area contributed by atoms with Crippen LogP contribution in [-0.4, -0.2) is 46.8 Å². The maximum absolute atomic E-state index is 13.6. The minimum absolute atomic E-state index is 0.0851. The predicted octanol–water partition coefficient (Wildman–Crippen LogP) is 5.74. The van der Waals surface area contributed by atoms with Gasteiger partial charge >= 0.3 is 6.18 Å². The smallest absolute Gasteiger partial charge is 0.338 e. The maximum Gasteiger partial charge on any atom is 0.433 e. The Balaban J connectivity index is 1.56. The van der Waals surface area contributed by atoms with Gasteiger partial charge in [-0.1, -0.05) is 11.6 Å². The van der Waals surface area contributed by atoms with Crippen molar-refractivity contribution in [1.29, 1.82) is 0 Å². The number of nitrogens with one attached hydrogen (secondary N) is 1. The predicted molar refractivity (Wildman–Crippen MR) is 136 cm³/mol. The van der Waals surface area contributed by atoms with E-state index in [1.165, 1.54) is 12.4 Å². The number of pyridine rings is 2. The molecule has 194 valence electrons. The van der Waals surface area contributed by atoms with Crippen molar-refractivity contribution in [3.8, 4) is 11.3 Å². The van der Waals surface area contributed by atoms with Gasteiger partial charge < -0.3 is 14.5 Å². The molecule has 1 aliphatic heterocycles. The van der Waals surface area contributed by atoms with Crippen LogP contribution >= 0.6 is 11.6 Å². The number of hydrogen-bond acceptors (Lipinski definition) is 5. The molecule has 1 aliphatic rings. The summed E-state index contributed by atoms with van der Waals surface area (Å²) < 4.78 is 41.9. The molecule has 1 N–H and O–H groups in total. The quantitative estimate of drug-likeness (QED) is 0.309. The summed E-state index contributed by atoms with van der Waals surface area (Å²) in [5.41, 5.74) is 2.26. The number of hydrogen-bond donors (Lipinski definition) is 1. The molecule has 38 heavy (non-hydrogen) atoms. The van der Waals surface area contributed by atoms with E-state index in [4.69, 9.17) is 11.6 Å². The van der Waals surface area contributed by atoms with E-state index in [0.717, 1.165) is 40.0 Å². The minimum Gasteiger partial charge on any atom is -0.338 e. The Labute approximate surface area is 219 Å². The number of rotatable bonds is 2. The van der Waals surface area contributed by atoms with Crippen molar-refractivity contribution >= 4 is 39.6 Å². The molecule has 0 aliphatic carbocycles. The molecule has 1 amide bonds. The summed E-state index contributed by atoms with van der Waals surface area (Å²) in [6.45, 7) is 6.16. The highest BCUT2D eigenvalue weighted by Gasteiger charge is 2.40. The van der Waals surface area contributed by atoms with Crippen molar-refractivity contribution < 1.29 is 18.0 Å². The molecule has 0 saturated carbocycles. The normalized spacial score (nSPS) is 15.3. The van der Waals surface area contributed by atoms with Gasteiger partial charge in [-0.15, -0.1) is 0 Å². The molecule has 8 nitrogen and oxygen atoms in total. The van der Waals surface area contributed by atoms with Crippen LogP contribution in [0.15, 0.2) is 43.0 Å². The SMILES string of the molecule is Cc1ncnc2c1c(-c1[nH]c3ncccc3c1Cl)c1n2C(C)(C)CN(C(=O)c2ccnc(C(F)(F)F)c2)C1. The van der Waals surface area contributed by atoms with Gasteiger partial charge in [0, 0.05) is 46.5 Å². The van der Waals surface area contributed by atoms with Crippen molar-refractivity contribution in [2.75, 3.05) is 6.54 Å². The van der Waals surface area contributed by atoms with E-state index in [9.17, 15) is 18.0 Å². The van der Waals surface area contributed by atoms with Gasteiger partial charge in [-0.25, -0.2) is 15.0 Å². The molecule has 5 aromatic heterocycles. The second-order valence-corrected chi connectivity index (χ2v) is 10.3. The first-order valence-corrected chi connectivity index (χ1v) is 12.2. The number of H-pyrrole nitrogens is 1. The lowest BCUT2D eigenvalue weighted by Crippen LogP contribution is -2.49. The van der Waals surface area contributed by atoms with Gasteiger partial charge in [0.15, 0.2) is 0 Å². The number of aromatic amines is 1. The van der Waals surface area contributed by atoms with Crippen LogP contribution < -0.4 is 0 Å². The number of nitrogens with zero attached hydrogens (tertiary/aromatic N) is 6. The summed E-state index contributed by atoms with van der Waals surface area (Å²) in [5, 5.41) is 1.99. The fourth-order valence-corrected chi connectivity index (χ4v) is 5.65. The Morgan fingerprint density at radius 1 is 1.13 bits per heavy atom. The third-order valence-electron chi connectivity index (χ3n) is 6.90. The number of aromatic nitrogens is 6. The molecule has 12 heteroatoms. The monoisotopic (exact) mass is 539 g/mol. The molecule has 0 radical (unpaired) electrons. The highest BCUT2D eigenvalue weighted by molar-refractivity contribution is 6.38. The number of carbonyl (C=O) groups excluding carboxylic acids is 1. The van der Waals surface area contributed by atoms with E-state index >= 15 is 0 Å². The molecule has 0 fully saturated rings. The lowest BCUT2D eigenvalue weighted by Gasteiger charge is -2.41. The molecular weight excluding hydrogens is 519 g/mol. The first-order chi connectivity index (χ1) is 18.0. The summed E-state index contributed by atoms with van der Waals surface area (Å²) in [5.74, 6) is -0.527. The highest BCUT2D eigenvalue weighted by Crippen LogP contribution is 2.45. The number of carbonyl (C=O) groups is 1. The van der Waals surface area contributed by atoms with Gasteiger partial charge in [-0.2, -0.15) is 13.2 Å². The summed E-state index contributed by atoms with van der Waals surface area (Å²) >= 11 is 6.85. The van der Waals surface area contributed by atoms with Crippen molar-refractivity contribution in [2.45, 2.75) is 39.0 Å². The Hall–Kier alpha value is -3.99. The van der Waals surface area contributed by atoms with Gasteiger partial charge in [0.2, 0.25) is 0 Å². The van der Waals surface area contributed by atoms with Gasteiger partial charge in [-0.3, -0.25) is 9.78 Å². The number of fused-ring (bicyclic) bond motifs is 4. The summed E-state index contributed by atoms with van der Waals surface area (Å²) in [4.78, 5) is 35.2. The number of aryl methyl sites for hydroxylation is 1. The van der Waals surface area contributed by atoms with Gasteiger partial charge in [-0.05, 0) is 45.0 Å². The van der Waals surface area contributed by atoms with E-state index in [1.54, 1.807) is 17.2 Å². The Bertz CT molecular complexity index is 1760. The first kappa shape index (κ1) is 24.4. The average Bonchev–Trinajstić information content (AvgIpc) is 3.38. The van der Waals surface area contributed by atoms with E-state index in [-0.39, 0.29) is 18.7 Å². The summed E-state index contributed by atoms with van der Waals surface area (Å²) in [7, 11) is 0. The van der Waals surface area contributed by atoms with E-state index in [1.807, 2.05) is 26.8 Å². The molecule has 0 unspecified atom stereocenters. The zero-order chi connectivity index (χ0) is 27.0. The fourth-order valence-electron chi connectivity index (χ4n) is 5.36. The molecule has 6 heterocycles. The number of halogens is 4. The van der Waals surface area contributed by atoms with Crippen LogP contribution in [0.2, 0.25) is 5.02 Å². The van der Waals surface area contributed by atoms with Crippen LogP contribution in [-0.2, 0) is 18.3 Å². The van der Waals surface area contributed by atoms with Crippen LogP contribution in [0.3, 0.4) is 0 Å². The van der Waals surface area contributed by atoms with E-state index in [0.29, 0.717) is 22.0 Å². The van der Waals surface area contributed by atoms with Crippen molar-refractivity contribution in [1.82, 2.24) is 34.4 Å². The zero-order valence-electron chi connectivity index (χ0n) is 20.6. The Kier molecular flexibility index (Phi) is 5.29. The van der Waals surface area contributed by atoms with Crippen LogP contribution in [0.4, 0.5) is 13.2 Å². The fraction of sp³-hybridized carbons (Fsp3) is 0.269. The van der Waals surface area contributed by atoms with E-state index < -0.39 is 23.3 Å². The maximum atomic E-state index is 13.6. The standard InChI is InChI=1S/C26H21ClF3N7O/c1-13-18-19(21-20(27)15-5-4-7-32-22(15)35-21)16-10-36(11-25(2,3)37(16)23(18)34-12-33-13)24(38)14-6-8-31-17(9-14)26(28,29)30/h4-9,12H,10-11H2,1-3H3,(H,32,35). The third-order valence-corrected chi connectivity index (χ3v) is 7.30. The lowest BCUT2D eigenvalue weighted by atomic mass is 9.98. The summed E-state index contributed by atoms with van der Waals surface area (Å²) in [6.07, 6.45) is -0.502. The van der Waals surface area contributed by atoms with Gasteiger partial charge in [0.05, 0.1) is 28.5 Å². The van der Waals surface area contributed by atoms with Crippen LogP contribution in [0, 0.1) is 6.92 Å². The Morgan fingerprint density at radius 2 is 1.92 bits per heavy atom. The molecule has 5 aromatic rings. The van der Waals surface area contributed by atoms with Crippen LogP contribution in [0.5, 0.6) is 0 Å². The number of alkyl halides is 3. The van der Waals surface area contributed by atoms with Crippen molar-refractivity contribution in [2.24, 2.45) is 0 Å². The van der Waals surface area contributed by atoms with Crippen molar-refractivity contribution in [3.05, 3.63) is 70.7 Å². The topological polar surface area (TPSA) is 92.6 Å². The highest BCUT2D eigenvalue weighted by atomic mass is 35.5. The largest absolute Gasteiger partial charge is 0.433 e. The molecule has 0 bridgehead atoms. The van der Waals surface area contributed by atoms with Crippen LogP contribution in [0.25, 0.3) is 33.3 Å². The molecular formula is C26H21ClF3N7O. The zero-order valence-corrected chi connectivity index (χ0v) is 21.3. The number of amides is 1. The van der Waals surface area contributed by atoms with Crippen molar-refractivity contribution in [3.63, 3.8) is 0 Å². The molecule has 0 saturated heterocycles. The summed E-state index contributed by atoms with van der Waals surface area (Å²) in [6, 6.07) is 5.74. The third kappa shape index (κ3) is 3.64. The second-order valence-electron chi connectivity index (χ2n) is 9.93. The lowest BCUT2D eigenvalue weighted by molar-refractivity contribution is -0.141. The Morgan fingerprint density at radius 3 is 2.66 bits per heavy atom. The molecule has 0 atom stereocenters. The first-order valence-electron chi connectivity index (χ1n) is 11.8. The van der Waals surface area contributed by atoms with Crippen LogP contribution in [0.1, 0.15) is 41.3 Å². The van der Waals surface area contributed by atoms with E-state index in [2.05, 4.69) is 29.5 Å². The second kappa shape index (κ2) is 8.26. The molecule has 6 rings (SSSR count). The average molecular weight is 540 g/mol. The minimum atomic E-state index is -4.66. The molecule has 0 spiro atoms. The van der Waals surface area contributed by atoms with Gasteiger partial charge in [0.25, 0.3) is 5.91 Å². The molecule has 0 aromatic carbocycles.